The van der Waals surface area contributed by atoms with Crippen LogP contribution in [0, 0.1) is 13.8 Å². The summed E-state index contributed by atoms with van der Waals surface area (Å²) in [4.78, 5) is 42.4. The van der Waals surface area contributed by atoms with Crippen LogP contribution in [-0.4, -0.2) is 61.3 Å². The maximum atomic E-state index is 13.9. The van der Waals surface area contributed by atoms with E-state index in [4.69, 9.17) is 19.4 Å². The van der Waals surface area contributed by atoms with Crippen molar-refractivity contribution >= 4 is 23.6 Å². The van der Waals surface area contributed by atoms with Crippen LogP contribution in [0.25, 0.3) is 44.8 Å². The minimum absolute atomic E-state index is 0.239. The molecule has 4 aromatic carbocycles. The molecule has 6 aromatic rings. The van der Waals surface area contributed by atoms with Crippen molar-refractivity contribution in [3.8, 4) is 44.8 Å². The third-order valence-electron chi connectivity index (χ3n) is 9.70. The van der Waals surface area contributed by atoms with Crippen molar-refractivity contribution in [2.45, 2.75) is 27.7 Å². The molecule has 3 heterocycles. The van der Waals surface area contributed by atoms with E-state index in [0.717, 1.165) is 55.9 Å². The second kappa shape index (κ2) is 16.2. The average molecular weight is 717 g/mol. The topological polar surface area (TPSA) is 84.9 Å². The highest BCUT2D eigenvalue weighted by Crippen LogP contribution is 2.38. The molecule has 0 unspecified atom stereocenters. The fourth-order valence-corrected chi connectivity index (χ4v) is 6.90. The number of ether oxygens (including phenoxy) is 2. The van der Waals surface area contributed by atoms with Gasteiger partial charge in [-0.25, -0.2) is 19.6 Å². The summed E-state index contributed by atoms with van der Waals surface area (Å²) in [5, 5.41) is 0. The Labute approximate surface area is 317 Å². The molecule has 1 aliphatic heterocycles. The Kier molecular flexibility index (Phi) is 10.8. The molecule has 1 saturated heterocycles. The van der Waals surface area contributed by atoms with Crippen LogP contribution in [0.3, 0.4) is 0 Å². The van der Waals surface area contributed by atoms with Gasteiger partial charge in [-0.3, -0.25) is 0 Å². The summed E-state index contributed by atoms with van der Waals surface area (Å²) >= 11 is 0. The molecule has 272 valence electrons. The lowest BCUT2D eigenvalue weighted by atomic mass is 9.96. The Balaban J connectivity index is 1.33. The molecule has 0 atom stereocenters. The van der Waals surface area contributed by atoms with Crippen molar-refractivity contribution in [1.82, 2.24) is 9.97 Å². The fraction of sp³-hybridized carbons (Fsp3) is 0.217. The van der Waals surface area contributed by atoms with E-state index in [2.05, 4.69) is 9.80 Å². The van der Waals surface area contributed by atoms with E-state index < -0.39 is 11.9 Å². The first-order chi connectivity index (χ1) is 26.3. The zero-order valence-corrected chi connectivity index (χ0v) is 31.2. The number of piperazine rings is 1. The standard InChI is InChI=1S/C46H44N4O4/c1-5-53-45(51)41-37(33-21-17-31(3)18-22-33)29-39(35-13-9-7-10-14-35)47-43(41)49-25-27-50(28-26-49)44-42(46(52)54-6-2)38(34-23-19-32(4)20-24-34)30-40(48-44)36-15-11-8-12-16-36/h7-24,29-30H,5-6,25-28H2,1-4H3. The third-order valence-corrected chi connectivity index (χ3v) is 9.70. The van der Waals surface area contributed by atoms with E-state index in [0.29, 0.717) is 48.9 Å². The van der Waals surface area contributed by atoms with Crippen LogP contribution in [0.1, 0.15) is 45.7 Å². The number of anilines is 2. The van der Waals surface area contributed by atoms with Gasteiger partial charge in [0.15, 0.2) is 0 Å². The molecule has 0 aliphatic carbocycles. The van der Waals surface area contributed by atoms with Crippen molar-refractivity contribution in [3.63, 3.8) is 0 Å². The Morgan fingerprint density at radius 3 is 1.20 bits per heavy atom. The van der Waals surface area contributed by atoms with Gasteiger partial charge < -0.3 is 19.3 Å². The molecular weight excluding hydrogens is 673 g/mol. The Morgan fingerprint density at radius 2 is 0.870 bits per heavy atom. The normalized spacial score (nSPS) is 12.7. The minimum Gasteiger partial charge on any atom is -0.462 e. The highest BCUT2D eigenvalue weighted by Gasteiger charge is 2.31. The van der Waals surface area contributed by atoms with Crippen LogP contribution < -0.4 is 9.80 Å². The van der Waals surface area contributed by atoms with Crippen LogP contribution in [0.15, 0.2) is 121 Å². The van der Waals surface area contributed by atoms with Crippen molar-refractivity contribution in [1.29, 1.82) is 0 Å². The lowest BCUT2D eigenvalue weighted by Gasteiger charge is -2.38. The van der Waals surface area contributed by atoms with Crippen molar-refractivity contribution in [2.24, 2.45) is 0 Å². The van der Waals surface area contributed by atoms with Gasteiger partial charge in [0, 0.05) is 48.4 Å². The van der Waals surface area contributed by atoms with E-state index in [1.54, 1.807) is 0 Å². The maximum Gasteiger partial charge on any atom is 0.342 e. The van der Waals surface area contributed by atoms with Gasteiger partial charge in [-0.15, -0.1) is 0 Å². The summed E-state index contributed by atoms with van der Waals surface area (Å²) in [5.74, 6) is 0.313. The van der Waals surface area contributed by atoms with E-state index in [-0.39, 0.29) is 13.2 Å². The van der Waals surface area contributed by atoms with E-state index in [1.807, 2.05) is 149 Å². The molecule has 0 saturated carbocycles. The van der Waals surface area contributed by atoms with Crippen molar-refractivity contribution in [3.05, 3.63) is 144 Å². The molecular formula is C46H44N4O4. The van der Waals surface area contributed by atoms with Gasteiger partial charge in [0.25, 0.3) is 0 Å². The molecule has 0 N–H and O–H groups in total. The Bertz CT molecular complexity index is 2090. The fourth-order valence-electron chi connectivity index (χ4n) is 6.90. The molecule has 1 fully saturated rings. The molecule has 2 aromatic heterocycles. The summed E-state index contributed by atoms with van der Waals surface area (Å²) in [6.45, 7) is 10.3. The van der Waals surface area contributed by atoms with Gasteiger partial charge in [-0.1, -0.05) is 120 Å². The minimum atomic E-state index is -0.415. The van der Waals surface area contributed by atoms with Gasteiger partial charge in [-0.05, 0) is 51.0 Å². The van der Waals surface area contributed by atoms with Crippen LogP contribution in [0.4, 0.5) is 11.6 Å². The van der Waals surface area contributed by atoms with Gasteiger partial charge in [-0.2, -0.15) is 0 Å². The quantitative estimate of drug-likeness (QED) is 0.130. The van der Waals surface area contributed by atoms with Crippen molar-refractivity contribution in [2.75, 3.05) is 49.2 Å². The molecule has 8 heteroatoms. The number of hydrogen-bond acceptors (Lipinski definition) is 8. The lowest BCUT2D eigenvalue weighted by molar-refractivity contribution is 0.0517. The molecule has 0 amide bonds. The lowest BCUT2D eigenvalue weighted by Crippen LogP contribution is -2.48. The highest BCUT2D eigenvalue weighted by atomic mass is 16.5. The maximum absolute atomic E-state index is 13.9. The van der Waals surface area contributed by atoms with E-state index >= 15 is 0 Å². The third kappa shape index (κ3) is 7.60. The largest absolute Gasteiger partial charge is 0.462 e. The monoisotopic (exact) mass is 716 g/mol. The number of benzene rings is 4. The average Bonchev–Trinajstić information content (AvgIpc) is 3.21. The van der Waals surface area contributed by atoms with Gasteiger partial charge in [0.1, 0.15) is 22.8 Å². The number of hydrogen-bond donors (Lipinski definition) is 0. The van der Waals surface area contributed by atoms with E-state index in [1.165, 1.54) is 0 Å². The van der Waals surface area contributed by atoms with Gasteiger partial charge in [0.2, 0.25) is 0 Å². The highest BCUT2D eigenvalue weighted by molar-refractivity contribution is 6.04. The number of rotatable bonds is 10. The summed E-state index contributed by atoms with van der Waals surface area (Å²) < 4.78 is 11.4. The summed E-state index contributed by atoms with van der Waals surface area (Å²) in [7, 11) is 0. The second-order valence-corrected chi connectivity index (χ2v) is 13.4. The number of esters is 2. The zero-order valence-electron chi connectivity index (χ0n) is 31.2. The molecule has 0 bridgehead atoms. The number of carbonyl (C=O) groups is 2. The van der Waals surface area contributed by atoms with Gasteiger partial charge >= 0.3 is 11.9 Å². The second-order valence-electron chi connectivity index (χ2n) is 13.4. The summed E-state index contributed by atoms with van der Waals surface area (Å²) in [6.07, 6.45) is 0. The molecule has 8 nitrogen and oxygen atoms in total. The smallest absolute Gasteiger partial charge is 0.342 e. The zero-order chi connectivity index (χ0) is 37.6. The summed E-state index contributed by atoms with van der Waals surface area (Å²) in [5.41, 5.74) is 9.91. The number of aryl methyl sites for hydroxylation is 2. The first kappa shape index (κ1) is 36.1. The first-order valence-corrected chi connectivity index (χ1v) is 18.5. The van der Waals surface area contributed by atoms with Crippen LogP contribution in [-0.2, 0) is 9.47 Å². The number of aromatic nitrogens is 2. The van der Waals surface area contributed by atoms with Crippen LogP contribution in [0.5, 0.6) is 0 Å². The molecule has 1 aliphatic rings. The van der Waals surface area contributed by atoms with Crippen LogP contribution >= 0.6 is 0 Å². The molecule has 7 rings (SSSR count). The molecule has 54 heavy (non-hydrogen) atoms. The SMILES string of the molecule is CCOC(=O)c1c(-c2ccc(C)cc2)cc(-c2ccccc2)nc1N1CCN(c2nc(-c3ccccc3)cc(-c3ccc(C)cc3)c2C(=O)OCC)CC1. The van der Waals surface area contributed by atoms with Crippen LogP contribution in [0.2, 0.25) is 0 Å². The summed E-state index contributed by atoms with van der Waals surface area (Å²) in [6, 6.07) is 40.4. The first-order valence-electron chi connectivity index (χ1n) is 18.5. The Morgan fingerprint density at radius 1 is 0.519 bits per heavy atom. The number of nitrogens with zero attached hydrogens (tertiary/aromatic N) is 4. The predicted octanol–water partition coefficient (Wildman–Crippen LogP) is 9.44. The van der Waals surface area contributed by atoms with Gasteiger partial charge in [0.05, 0.1) is 24.6 Å². The number of carbonyl (C=O) groups excluding carboxylic acids is 2. The molecule has 0 radical (unpaired) electrons. The number of pyridine rings is 2. The van der Waals surface area contributed by atoms with Crippen molar-refractivity contribution < 1.29 is 19.1 Å². The molecule has 0 spiro atoms. The Hall–Kier alpha value is -6.28. The predicted molar refractivity (Wildman–Crippen MR) is 216 cm³/mol. The van der Waals surface area contributed by atoms with E-state index in [9.17, 15) is 9.59 Å².